The zero-order chi connectivity index (χ0) is 25.0. The minimum absolute atomic E-state index is 0.0248. The minimum atomic E-state index is -1.07. The van der Waals surface area contributed by atoms with Gasteiger partial charge in [0.1, 0.15) is 6.04 Å². The van der Waals surface area contributed by atoms with Gasteiger partial charge in [-0.3, -0.25) is 14.2 Å². The molecule has 1 aliphatic heterocycles. The first kappa shape index (κ1) is 24.7. The molecule has 0 spiro atoms. The Balaban J connectivity index is 1.42. The van der Waals surface area contributed by atoms with Crippen molar-refractivity contribution < 1.29 is 9.59 Å². The number of hydrogen-bond donors (Lipinski definition) is 3. The summed E-state index contributed by atoms with van der Waals surface area (Å²) in [5.41, 5.74) is 7.71. The number of para-hydroxylation sites is 2. The number of carbonyl (C=O) groups is 2. The number of nitrogens with two attached hydrogens (primary N) is 1. The molecule has 4 N–H and O–H groups in total. The van der Waals surface area contributed by atoms with Crippen LogP contribution in [0.25, 0.3) is 11.0 Å². The molecule has 1 aliphatic rings. The van der Waals surface area contributed by atoms with Crippen LogP contribution in [0.3, 0.4) is 0 Å². The fourth-order valence-corrected chi connectivity index (χ4v) is 4.76. The van der Waals surface area contributed by atoms with Crippen LogP contribution in [0.4, 0.5) is 0 Å². The Labute approximate surface area is 205 Å². The highest BCUT2D eigenvalue weighted by atomic mass is 16.2. The quantitative estimate of drug-likeness (QED) is 0.463. The molecule has 0 aliphatic carbocycles. The number of benzene rings is 2. The van der Waals surface area contributed by atoms with E-state index >= 15 is 0 Å². The van der Waals surface area contributed by atoms with Crippen LogP contribution < -0.4 is 16.7 Å². The lowest BCUT2D eigenvalue weighted by Gasteiger charge is -2.35. The van der Waals surface area contributed by atoms with Crippen molar-refractivity contribution in [2.45, 2.75) is 63.6 Å². The van der Waals surface area contributed by atoms with Gasteiger partial charge >= 0.3 is 5.69 Å². The lowest BCUT2D eigenvalue weighted by atomic mass is 9.99. The molecule has 8 heteroatoms. The Bertz CT molecular complexity index is 1220. The fourth-order valence-electron chi connectivity index (χ4n) is 4.76. The number of likely N-dealkylation sites (tertiary alicyclic amines) is 1. The van der Waals surface area contributed by atoms with Crippen LogP contribution >= 0.6 is 0 Å². The first-order valence-electron chi connectivity index (χ1n) is 12.4. The van der Waals surface area contributed by atoms with Crippen molar-refractivity contribution >= 4 is 22.8 Å². The number of nitrogens with one attached hydrogen (secondary N) is 2. The van der Waals surface area contributed by atoms with E-state index in [4.69, 9.17) is 5.73 Å². The molecule has 2 heterocycles. The molecule has 0 saturated carbocycles. The standard InChI is InChI=1S/C27H35N5O3/c1-27(2,28)25(34)29-22(13-8-11-19-9-4-3-5-10-19)24(33)31-17-15-20(16-18-31)32-23-14-7-6-12-21(23)30-26(32)35/h3-7,9-10,12,14,20,22H,8,11,13,15-18,28H2,1-2H3,(H,29,34)(H,30,35). The summed E-state index contributed by atoms with van der Waals surface area (Å²) >= 11 is 0. The van der Waals surface area contributed by atoms with Crippen molar-refractivity contribution in [2.75, 3.05) is 13.1 Å². The number of nitrogens with zero attached hydrogens (tertiary/aromatic N) is 2. The van der Waals surface area contributed by atoms with Gasteiger partial charge in [0.15, 0.2) is 0 Å². The molecule has 2 aromatic carbocycles. The van der Waals surface area contributed by atoms with Crippen LogP contribution in [-0.2, 0) is 16.0 Å². The number of H-pyrrole nitrogens is 1. The summed E-state index contributed by atoms with van der Waals surface area (Å²) in [6, 6.07) is 17.2. The first-order chi connectivity index (χ1) is 16.7. The zero-order valence-electron chi connectivity index (χ0n) is 20.5. The van der Waals surface area contributed by atoms with Gasteiger partial charge in [-0.25, -0.2) is 4.79 Å². The van der Waals surface area contributed by atoms with E-state index in [-0.39, 0.29) is 23.5 Å². The number of aryl methyl sites for hydroxylation is 1. The molecule has 2 amide bonds. The topological polar surface area (TPSA) is 113 Å². The van der Waals surface area contributed by atoms with Crippen LogP contribution in [-0.4, -0.2) is 50.9 Å². The Hall–Kier alpha value is -3.39. The maximum atomic E-state index is 13.5. The number of hydrogen-bond acceptors (Lipinski definition) is 4. The molecule has 1 atom stereocenters. The highest BCUT2D eigenvalue weighted by Crippen LogP contribution is 2.25. The van der Waals surface area contributed by atoms with E-state index < -0.39 is 11.6 Å². The third kappa shape index (κ3) is 5.82. The number of piperidine rings is 1. The third-order valence-corrected chi connectivity index (χ3v) is 6.76. The van der Waals surface area contributed by atoms with Crippen LogP contribution in [0.1, 0.15) is 51.1 Å². The van der Waals surface area contributed by atoms with E-state index in [1.807, 2.05) is 51.9 Å². The Kier molecular flexibility index (Phi) is 7.40. The molecule has 0 bridgehead atoms. The number of imidazole rings is 1. The highest BCUT2D eigenvalue weighted by Gasteiger charge is 2.33. The van der Waals surface area contributed by atoms with Gasteiger partial charge in [-0.15, -0.1) is 0 Å². The third-order valence-electron chi connectivity index (χ3n) is 6.76. The fraction of sp³-hybridized carbons (Fsp3) is 0.444. The summed E-state index contributed by atoms with van der Waals surface area (Å²) in [6.45, 7) is 4.34. The molecule has 0 radical (unpaired) electrons. The van der Waals surface area contributed by atoms with Gasteiger partial charge in [0.25, 0.3) is 0 Å². The van der Waals surface area contributed by atoms with Crippen molar-refractivity contribution in [1.29, 1.82) is 0 Å². The molecule has 4 rings (SSSR count). The predicted molar refractivity (Wildman–Crippen MR) is 137 cm³/mol. The van der Waals surface area contributed by atoms with E-state index in [1.165, 1.54) is 5.56 Å². The maximum absolute atomic E-state index is 13.5. The second-order valence-corrected chi connectivity index (χ2v) is 10.00. The monoisotopic (exact) mass is 477 g/mol. The number of amides is 2. The highest BCUT2D eigenvalue weighted by molar-refractivity contribution is 5.91. The van der Waals surface area contributed by atoms with Crippen LogP contribution in [0.5, 0.6) is 0 Å². The van der Waals surface area contributed by atoms with Gasteiger partial charge in [0.05, 0.1) is 16.6 Å². The molecule has 3 aromatic rings. The van der Waals surface area contributed by atoms with Crippen LogP contribution in [0, 0.1) is 0 Å². The summed E-state index contributed by atoms with van der Waals surface area (Å²) in [5, 5.41) is 2.90. The molecule has 35 heavy (non-hydrogen) atoms. The lowest BCUT2D eigenvalue weighted by molar-refractivity contribution is -0.138. The number of fused-ring (bicyclic) bond motifs is 1. The van der Waals surface area contributed by atoms with Crippen molar-refractivity contribution in [3.63, 3.8) is 0 Å². The molecule has 8 nitrogen and oxygen atoms in total. The van der Waals surface area contributed by atoms with Crippen molar-refractivity contribution in [2.24, 2.45) is 5.73 Å². The van der Waals surface area contributed by atoms with Crippen molar-refractivity contribution in [3.05, 3.63) is 70.6 Å². The van der Waals surface area contributed by atoms with Gasteiger partial charge in [-0.05, 0) is 63.6 Å². The molecule has 1 fully saturated rings. The van der Waals surface area contributed by atoms with Gasteiger partial charge in [-0.2, -0.15) is 0 Å². The smallest absolute Gasteiger partial charge is 0.326 e. The molecule has 1 aromatic heterocycles. The van der Waals surface area contributed by atoms with Crippen LogP contribution in [0.2, 0.25) is 0 Å². The van der Waals surface area contributed by atoms with Gasteiger partial charge in [0, 0.05) is 19.1 Å². The van der Waals surface area contributed by atoms with E-state index in [0.29, 0.717) is 32.4 Å². The maximum Gasteiger partial charge on any atom is 0.326 e. The normalized spacial score (nSPS) is 15.8. The first-order valence-corrected chi connectivity index (χ1v) is 12.4. The molecule has 186 valence electrons. The zero-order valence-corrected chi connectivity index (χ0v) is 20.5. The van der Waals surface area contributed by atoms with E-state index in [9.17, 15) is 14.4 Å². The number of aromatic amines is 1. The number of aromatic nitrogens is 2. The molecule has 1 unspecified atom stereocenters. The summed E-state index contributed by atoms with van der Waals surface area (Å²) in [6.07, 6.45) is 3.50. The minimum Gasteiger partial charge on any atom is -0.343 e. The second kappa shape index (κ2) is 10.5. The average Bonchev–Trinajstić information content (AvgIpc) is 3.18. The lowest BCUT2D eigenvalue weighted by Crippen LogP contribution is -2.57. The summed E-state index contributed by atoms with van der Waals surface area (Å²) in [5.74, 6) is -0.420. The SMILES string of the molecule is CC(C)(N)C(=O)NC(CCCc1ccccc1)C(=O)N1CCC(n2c(=O)[nH]c3ccccc32)CC1. The van der Waals surface area contributed by atoms with Gasteiger partial charge in [-0.1, -0.05) is 42.5 Å². The van der Waals surface area contributed by atoms with E-state index in [0.717, 1.165) is 23.9 Å². The molecule has 1 saturated heterocycles. The van der Waals surface area contributed by atoms with Gasteiger partial charge < -0.3 is 20.9 Å². The Morgan fingerprint density at radius 3 is 2.43 bits per heavy atom. The summed E-state index contributed by atoms with van der Waals surface area (Å²) in [4.78, 5) is 43.4. The van der Waals surface area contributed by atoms with E-state index in [1.54, 1.807) is 13.8 Å². The molecular formula is C27H35N5O3. The second-order valence-electron chi connectivity index (χ2n) is 10.00. The number of rotatable bonds is 8. The largest absolute Gasteiger partial charge is 0.343 e. The average molecular weight is 478 g/mol. The Morgan fingerprint density at radius 2 is 1.74 bits per heavy atom. The Morgan fingerprint density at radius 1 is 1.09 bits per heavy atom. The predicted octanol–water partition coefficient (Wildman–Crippen LogP) is 2.74. The van der Waals surface area contributed by atoms with Crippen molar-refractivity contribution in [1.82, 2.24) is 19.8 Å². The molecular weight excluding hydrogens is 442 g/mol. The van der Waals surface area contributed by atoms with E-state index in [2.05, 4.69) is 22.4 Å². The summed E-state index contributed by atoms with van der Waals surface area (Å²) in [7, 11) is 0. The van der Waals surface area contributed by atoms with Crippen LogP contribution in [0.15, 0.2) is 59.4 Å². The summed E-state index contributed by atoms with van der Waals surface area (Å²) < 4.78 is 1.81. The van der Waals surface area contributed by atoms with Crippen molar-refractivity contribution in [3.8, 4) is 0 Å². The van der Waals surface area contributed by atoms with Gasteiger partial charge in [0.2, 0.25) is 11.8 Å². The number of carbonyl (C=O) groups excluding carboxylic acids is 2.